The van der Waals surface area contributed by atoms with Gasteiger partial charge in [-0.1, -0.05) is 18.5 Å². The van der Waals surface area contributed by atoms with Gasteiger partial charge in [0.05, 0.1) is 11.6 Å². The summed E-state index contributed by atoms with van der Waals surface area (Å²) in [5, 5.41) is 12.2. The second-order valence-electron chi connectivity index (χ2n) is 4.33. The lowest BCUT2D eigenvalue weighted by Crippen LogP contribution is -2.39. The van der Waals surface area contributed by atoms with Gasteiger partial charge in [-0.3, -0.25) is 4.79 Å². The van der Waals surface area contributed by atoms with E-state index in [9.17, 15) is 9.59 Å². The molecule has 0 fully saturated rings. The van der Waals surface area contributed by atoms with Crippen LogP contribution in [0.4, 0.5) is 10.5 Å². The molecule has 0 aliphatic heterocycles. The van der Waals surface area contributed by atoms with E-state index in [0.29, 0.717) is 21.7 Å². The molecule has 7 heteroatoms. The van der Waals surface area contributed by atoms with Crippen molar-refractivity contribution in [2.24, 2.45) is 5.92 Å². The minimum atomic E-state index is -0.927. The molecule has 0 bridgehead atoms. The maximum atomic E-state index is 12.1. The van der Waals surface area contributed by atoms with Gasteiger partial charge in [0.2, 0.25) is 0 Å². The van der Waals surface area contributed by atoms with Crippen molar-refractivity contribution in [1.82, 2.24) is 4.90 Å². The summed E-state index contributed by atoms with van der Waals surface area (Å²) >= 11 is 9.14. The number of amides is 2. The lowest BCUT2D eigenvalue weighted by Gasteiger charge is -2.23. The lowest BCUT2D eigenvalue weighted by atomic mass is 10.2. The first-order valence-electron chi connectivity index (χ1n) is 6.09. The molecule has 0 aromatic heterocycles. The second kappa shape index (κ2) is 7.50. The number of urea groups is 1. The number of hydrogen-bond donors (Lipinski definition) is 2. The van der Waals surface area contributed by atoms with E-state index in [-0.39, 0.29) is 12.6 Å². The van der Waals surface area contributed by atoms with Gasteiger partial charge in [-0.05, 0) is 41.1 Å². The first kappa shape index (κ1) is 16.8. The molecule has 0 radical (unpaired) electrons. The molecule has 5 nitrogen and oxygen atoms in total. The van der Waals surface area contributed by atoms with Crippen LogP contribution in [-0.4, -0.2) is 35.1 Å². The van der Waals surface area contributed by atoms with Crippen LogP contribution in [0, 0.1) is 5.92 Å². The van der Waals surface area contributed by atoms with Crippen molar-refractivity contribution in [3.8, 4) is 0 Å². The van der Waals surface area contributed by atoms with Crippen LogP contribution in [0.5, 0.6) is 0 Å². The standard InChI is InChI=1S/C13H16BrClN2O3/c1-3-17(7-8(2)12(18)19)13(20)16-11-5-4-9(15)6-10(11)14/h4-6,8H,3,7H2,1-2H3,(H,16,20)(H,18,19). The SMILES string of the molecule is CCN(CC(C)C(=O)O)C(=O)Nc1ccc(Cl)cc1Br. The van der Waals surface area contributed by atoms with E-state index in [4.69, 9.17) is 16.7 Å². The van der Waals surface area contributed by atoms with Crippen LogP contribution in [0.3, 0.4) is 0 Å². The number of halogens is 2. The zero-order valence-electron chi connectivity index (χ0n) is 11.2. The second-order valence-corrected chi connectivity index (χ2v) is 5.62. The number of carboxylic acids is 1. The average Bonchev–Trinajstić information content (AvgIpc) is 2.38. The number of rotatable bonds is 5. The Bertz CT molecular complexity index is 510. The highest BCUT2D eigenvalue weighted by molar-refractivity contribution is 9.10. The Labute approximate surface area is 131 Å². The molecule has 20 heavy (non-hydrogen) atoms. The van der Waals surface area contributed by atoms with Crippen molar-refractivity contribution in [1.29, 1.82) is 0 Å². The van der Waals surface area contributed by atoms with Crippen molar-refractivity contribution in [2.75, 3.05) is 18.4 Å². The summed E-state index contributed by atoms with van der Waals surface area (Å²) in [6.45, 7) is 3.94. The summed E-state index contributed by atoms with van der Waals surface area (Å²) < 4.78 is 0.667. The quantitative estimate of drug-likeness (QED) is 0.838. The van der Waals surface area contributed by atoms with Gasteiger partial charge in [0, 0.05) is 22.6 Å². The van der Waals surface area contributed by atoms with Crippen LogP contribution in [0.2, 0.25) is 5.02 Å². The number of nitrogens with one attached hydrogen (secondary N) is 1. The summed E-state index contributed by atoms with van der Waals surface area (Å²) in [6.07, 6.45) is 0. The molecule has 0 heterocycles. The largest absolute Gasteiger partial charge is 0.481 e. The maximum absolute atomic E-state index is 12.1. The topological polar surface area (TPSA) is 69.6 Å². The molecule has 0 saturated carbocycles. The summed E-state index contributed by atoms with van der Waals surface area (Å²) in [5.74, 6) is -1.54. The number of hydrogen-bond acceptors (Lipinski definition) is 2. The number of carbonyl (C=O) groups excluding carboxylic acids is 1. The summed E-state index contributed by atoms with van der Waals surface area (Å²) in [5.41, 5.74) is 0.584. The van der Waals surface area contributed by atoms with Gasteiger partial charge in [0.25, 0.3) is 0 Å². The molecular formula is C13H16BrClN2O3. The van der Waals surface area contributed by atoms with E-state index in [1.807, 2.05) is 0 Å². The zero-order valence-corrected chi connectivity index (χ0v) is 13.5. The van der Waals surface area contributed by atoms with E-state index >= 15 is 0 Å². The van der Waals surface area contributed by atoms with Gasteiger partial charge < -0.3 is 15.3 Å². The first-order chi connectivity index (χ1) is 9.35. The Hall–Kier alpha value is -1.27. The van der Waals surface area contributed by atoms with Crippen molar-refractivity contribution >= 4 is 45.2 Å². The van der Waals surface area contributed by atoms with E-state index in [2.05, 4.69) is 21.2 Å². The fraction of sp³-hybridized carbons (Fsp3) is 0.385. The Kier molecular flexibility index (Phi) is 6.29. The third kappa shape index (κ3) is 4.68. The van der Waals surface area contributed by atoms with E-state index < -0.39 is 11.9 Å². The molecule has 1 aromatic carbocycles. The predicted octanol–water partition coefficient (Wildman–Crippen LogP) is 3.68. The minimum absolute atomic E-state index is 0.156. The van der Waals surface area contributed by atoms with Gasteiger partial charge in [-0.2, -0.15) is 0 Å². The van der Waals surface area contributed by atoms with Crippen molar-refractivity contribution in [3.05, 3.63) is 27.7 Å². The Balaban J connectivity index is 2.74. The molecular weight excluding hydrogens is 348 g/mol. The molecule has 1 rings (SSSR count). The summed E-state index contributed by atoms with van der Waals surface area (Å²) in [7, 11) is 0. The van der Waals surface area contributed by atoms with Crippen LogP contribution in [0.25, 0.3) is 0 Å². The number of carbonyl (C=O) groups is 2. The Morgan fingerprint density at radius 1 is 1.50 bits per heavy atom. The van der Waals surface area contributed by atoms with Gasteiger partial charge in [-0.25, -0.2) is 4.79 Å². The minimum Gasteiger partial charge on any atom is -0.481 e. The van der Waals surface area contributed by atoms with E-state index in [0.717, 1.165) is 0 Å². The molecule has 1 aromatic rings. The van der Waals surface area contributed by atoms with Crippen LogP contribution in [0.15, 0.2) is 22.7 Å². The Morgan fingerprint density at radius 3 is 2.65 bits per heavy atom. The van der Waals surface area contributed by atoms with Crippen LogP contribution < -0.4 is 5.32 Å². The number of carboxylic acid groups (broad SMARTS) is 1. The maximum Gasteiger partial charge on any atom is 0.321 e. The monoisotopic (exact) mass is 362 g/mol. The van der Waals surface area contributed by atoms with Gasteiger partial charge in [0.1, 0.15) is 0 Å². The number of anilines is 1. The van der Waals surface area contributed by atoms with Gasteiger partial charge in [-0.15, -0.1) is 0 Å². The third-order valence-electron chi connectivity index (χ3n) is 2.76. The van der Waals surface area contributed by atoms with Crippen LogP contribution in [-0.2, 0) is 4.79 Å². The van der Waals surface area contributed by atoms with Crippen LogP contribution in [0.1, 0.15) is 13.8 Å². The predicted molar refractivity (Wildman–Crippen MR) is 82.2 cm³/mol. The smallest absolute Gasteiger partial charge is 0.321 e. The lowest BCUT2D eigenvalue weighted by molar-refractivity contribution is -0.141. The number of nitrogens with zero attached hydrogens (tertiary/aromatic N) is 1. The molecule has 0 aliphatic rings. The molecule has 2 N–H and O–H groups in total. The number of benzene rings is 1. The molecule has 0 aliphatic carbocycles. The normalized spacial score (nSPS) is 11.8. The molecule has 1 unspecified atom stereocenters. The first-order valence-corrected chi connectivity index (χ1v) is 7.26. The fourth-order valence-corrected chi connectivity index (χ4v) is 2.33. The molecule has 0 spiro atoms. The van der Waals surface area contributed by atoms with Gasteiger partial charge in [0.15, 0.2) is 0 Å². The van der Waals surface area contributed by atoms with Crippen molar-refractivity contribution in [2.45, 2.75) is 13.8 Å². The molecule has 1 atom stereocenters. The zero-order chi connectivity index (χ0) is 15.3. The molecule has 0 saturated heterocycles. The van der Waals surface area contributed by atoms with Crippen molar-refractivity contribution in [3.63, 3.8) is 0 Å². The molecule has 2 amide bonds. The van der Waals surface area contributed by atoms with Gasteiger partial charge >= 0.3 is 12.0 Å². The van der Waals surface area contributed by atoms with E-state index in [1.54, 1.807) is 32.0 Å². The summed E-state index contributed by atoms with van der Waals surface area (Å²) in [6, 6.07) is 4.67. The fourth-order valence-electron chi connectivity index (χ4n) is 1.55. The van der Waals surface area contributed by atoms with E-state index in [1.165, 1.54) is 4.90 Å². The Morgan fingerprint density at radius 2 is 2.15 bits per heavy atom. The van der Waals surface area contributed by atoms with Crippen molar-refractivity contribution < 1.29 is 14.7 Å². The average molecular weight is 364 g/mol. The number of aliphatic carboxylic acids is 1. The third-order valence-corrected chi connectivity index (χ3v) is 3.65. The highest BCUT2D eigenvalue weighted by Gasteiger charge is 2.19. The highest BCUT2D eigenvalue weighted by atomic mass is 79.9. The van der Waals surface area contributed by atoms with Crippen LogP contribution >= 0.6 is 27.5 Å². The summed E-state index contributed by atoms with van der Waals surface area (Å²) in [4.78, 5) is 24.4. The highest BCUT2D eigenvalue weighted by Crippen LogP contribution is 2.26. The molecule has 110 valence electrons.